The molecule has 8 heteroatoms. The Hall–Kier alpha value is -2.48. The van der Waals surface area contributed by atoms with E-state index in [1.54, 1.807) is 12.1 Å². The van der Waals surface area contributed by atoms with Crippen molar-refractivity contribution < 1.29 is 33.6 Å². The lowest BCUT2D eigenvalue weighted by Crippen LogP contribution is -2.45. The molecule has 1 aromatic rings. The zero-order valence-corrected chi connectivity index (χ0v) is 15.6. The zero-order chi connectivity index (χ0) is 19.4. The van der Waals surface area contributed by atoms with E-state index in [0.29, 0.717) is 22.8 Å². The highest BCUT2D eigenvalue weighted by Crippen LogP contribution is 2.40. The molecule has 1 fully saturated rings. The van der Waals surface area contributed by atoms with Crippen LogP contribution in [0.2, 0.25) is 0 Å². The number of benzene rings is 1. The van der Waals surface area contributed by atoms with Crippen LogP contribution in [0.1, 0.15) is 25.3 Å². The van der Waals surface area contributed by atoms with Crippen LogP contribution in [-0.2, 0) is 9.53 Å². The van der Waals surface area contributed by atoms with Crippen LogP contribution in [0.15, 0.2) is 12.1 Å². The van der Waals surface area contributed by atoms with Crippen LogP contribution in [0.5, 0.6) is 17.2 Å². The molecule has 1 aliphatic heterocycles. The molecule has 8 nitrogen and oxygen atoms in total. The second kappa shape index (κ2) is 8.27. The predicted molar refractivity (Wildman–Crippen MR) is 92.7 cm³/mol. The lowest BCUT2D eigenvalue weighted by molar-refractivity contribution is -0.132. The third-order valence-corrected chi connectivity index (χ3v) is 4.50. The Bertz CT molecular complexity index is 648. The van der Waals surface area contributed by atoms with E-state index in [1.807, 2.05) is 13.8 Å². The molecule has 144 valence electrons. The summed E-state index contributed by atoms with van der Waals surface area (Å²) in [5.41, 5.74) is 0.352. The SMILES string of the molecule is COc1cc(OC)c([C@H](CO)C(=O)N2C(=O)OC[C@@H]2C(C)C)c(OC)c1. The Morgan fingerprint density at radius 2 is 1.81 bits per heavy atom. The van der Waals surface area contributed by atoms with Crippen LogP contribution < -0.4 is 14.2 Å². The molecule has 1 aromatic carbocycles. The number of hydrogen-bond donors (Lipinski definition) is 1. The van der Waals surface area contributed by atoms with Crippen molar-refractivity contribution in [1.82, 2.24) is 4.90 Å². The van der Waals surface area contributed by atoms with E-state index in [9.17, 15) is 14.7 Å². The van der Waals surface area contributed by atoms with Crippen LogP contribution in [-0.4, -0.2) is 62.6 Å². The Morgan fingerprint density at radius 1 is 1.23 bits per heavy atom. The number of cyclic esters (lactones) is 1. The summed E-state index contributed by atoms with van der Waals surface area (Å²) >= 11 is 0. The van der Waals surface area contributed by atoms with Gasteiger partial charge in [-0.3, -0.25) is 4.79 Å². The highest BCUT2D eigenvalue weighted by atomic mass is 16.6. The van der Waals surface area contributed by atoms with Crippen molar-refractivity contribution in [3.05, 3.63) is 17.7 Å². The highest BCUT2D eigenvalue weighted by Gasteiger charge is 2.43. The Labute approximate surface area is 152 Å². The van der Waals surface area contributed by atoms with E-state index in [-0.39, 0.29) is 18.6 Å². The normalized spacial score (nSPS) is 17.9. The van der Waals surface area contributed by atoms with Crippen molar-refractivity contribution in [3.8, 4) is 17.2 Å². The van der Waals surface area contributed by atoms with Gasteiger partial charge in [0.25, 0.3) is 0 Å². The molecule has 2 rings (SSSR count). The van der Waals surface area contributed by atoms with Gasteiger partial charge in [0, 0.05) is 12.1 Å². The van der Waals surface area contributed by atoms with Crippen molar-refractivity contribution in [2.24, 2.45) is 5.92 Å². The topological polar surface area (TPSA) is 94.5 Å². The molecule has 26 heavy (non-hydrogen) atoms. The number of methoxy groups -OCH3 is 3. The first-order valence-electron chi connectivity index (χ1n) is 8.30. The molecule has 0 spiro atoms. The van der Waals surface area contributed by atoms with Gasteiger partial charge in [-0.2, -0.15) is 0 Å². The minimum atomic E-state index is -1.04. The number of carbonyl (C=O) groups is 2. The first-order chi connectivity index (χ1) is 12.4. The second-order valence-corrected chi connectivity index (χ2v) is 6.28. The number of aliphatic hydroxyl groups is 1. The van der Waals surface area contributed by atoms with E-state index >= 15 is 0 Å². The van der Waals surface area contributed by atoms with Crippen molar-refractivity contribution in [3.63, 3.8) is 0 Å². The maximum atomic E-state index is 13.1. The number of imide groups is 1. The standard InChI is InChI=1S/C18H25NO7/c1-10(2)13-9-26-18(22)19(13)17(21)12(8-20)16-14(24-4)6-11(23-3)7-15(16)25-5/h6-7,10,12-13,20H,8-9H2,1-5H3/t12-,13+/m0/s1. The molecule has 0 radical (unpaired) electrons. The fourth-order valence-electron chi connectivity index (χ4n) is 3.02. The molecular weight excluding hydrogens is 342 g/mol. The Balaban J connectivity index is 2.51. The molecular formula is C18H25NO7. The van der Waals surface area contributed by atoms with Crippen molar-refractivity contribution in [2.75, 3.05) is 34.5 Å². The van der Waals surface area contributed by atoms with Gasteiger partial charge < -0.3 is 24.1 Å². The third-order valence-electron chi connectivity index (χ3n) is 4.50. The smallest absolute Gasteiger partial charge is 0.417 e. The second-order valence-electron chi connectivity index (χ2n) is 6.28. The number of ether oxygens (including phenoxy) is 4. The fraction of sp³-hybridized carbons (Fsp3) is 0.556. The van der Waals surface area contributed by atoms with Gasteiger partial charge in [-0.25, -0.2) is 9.69 Å². The van der Waals surface area contributed by atoms with Crippen LogP contribution in [0.4, 0.5) is 4.79 Å². The van der Waals surface area contributed by atoms with Crippen LogP contribution >= 0.6 is 0 Å². The van der Waals surface area contributed by atoms with E-state index in [1.165, 1.54) is 21.3 Å². The minimum absolute atomic E-state index is 0.0180. The van der Waals surface area contributed by atoms with Gasteiger partial charge in [-0.15, -0.1) is 0 Å². The summed E-state index contributed by atoms with van der Waals surface area (Å²) in [5.74, 6) is -0.464. The number of hydrogen-bond acceptors (Lipinski definition) is 7. The summed E-state index contributed by atoms with van der Waals surface area (Å²) in [6.07, 6.45) is -0.710. The molecule has 1 saturated heterocycles. The van der Waals surface area contributed by atoms with Gasteiger partial charge in [0.15, 0.2) is 0 Å². The fourth-order valence-corrected chi connectivity index (χ4v) is 3.02. The number of nitrogens with zero attached hydrogens (tertiary/aromatic N) is 1. The Morgan fingerprint density at radius 3 is 2.23 bits per heavy atom. The van der Waals surface area contributed by atoms with Gasteiger partial charge in [-0.05, 0) is 5.92 Å². The summed E-state index contributed by atoms with van der Waals surface area (Å²) in [6, 6.07) is 2.80. The molecule has 0 unspecified atom stereocenters. The summed E-state index contributed by atoms with van der Waals surface area (Å²) in [5, 5.41) is 9.95. The number of aliphatic hydroxyl groups excluding tert-OH is 1. The molecule has 0 saturated carbocycles. The van der Waals surface area contributed by atoms with Crippen LogP contribution in [0, 0.1) is 5.92 Å². The molecule has 0 aliphatic carbocycles. The van der Waals surface area contributed by atoms with Crippen LogP contribution in [0.25, 0.3) is 0 Å². The number of amides is 2. The first kappa shape index (κ1) is 19.8. The summed E-state index contributed by atoms with van der Waals surface area (Å²) < 4.78 is 21.0. The molecule has 2 atom stereocenters. The van der Waals surface area contributed by atoms with Gasteiger partial charge in [0.05, 0.1) is 45.5 Å². The van der Waals surface area contributed by atoms with Crippen LogP contribution in [0.3, 0.4) is 0 Å². The third kappa shape index (κ3) is 3.55. The number of rotatable bonds is 7. The zero-order valence-electron chi connectivity index (χ0n) is 15.6. The molecule has 0 bridgehead atoms. The van der Waals surface area contributed by atoms with E-state index in [0.717, 1.165) is 4.90 Å². The van der Waals surface area contributed by atoms with Gasteiger partial charge in [0.1, 0.15) is 23.9 Å². The maximum Gasteiger partial charge on any atom is 0.417 e. The summed E-state index contributed by atoms with van der Waals surface area (Å²) in [6.45, 7) is 3.41. The highest BCUT2D eigenvalue weighted by molar-refractivity contribution is 5.98. The Kier molecular flexibility index (Phi) is 6.31. The van der Waals surface area contributed by atoms with Gasteiger partial charge in [0.2, 0.25) is 5.91 Å². The molecule has 2 amide bonds. The van der Waals surface area contributed by atoms with Gasteiger partial charge >= 0.3 is 6.09 Å². The average molecular weight is 367 g/mol. The average Bonchev–Trinajstić information content (AvgIpc) is 3.03. The van der Waals surface area contributed by atoms with Crippen molar-refractivity contribution in [1.29, 1.82) is 0 Å². The number of carbonyl (C=O) groups excluding carboxylic acids is 2. The summed E-state index contributed by atoms with van der Waals surface area (Å²) in [4.78, 5) is 26.3. The summed E-state index contributed by atoms with van der Waals surface area (Å²) in [7, 11) is 4.38. The molecule has 1 aliphatic rings. The van der Waals surface area contributed by atoms with E-state index in [2.05, 4.69) is 0 Å². The molecule has 1 heterocycles. The van der Waals surface area contributed by atoms with Crippen molar-refractivity contribution >= 4 is 12.0 Å². The minimum Gasteiger partial charge on any atom is -0.496 e. The van der Waals surface area contributed by atoms with Crippen molar-refractivity contribution in [2.45, 2.75) is 25.8 Å². The van der Waals surface area contributed by atoms with Gasteiger partial charge in [-0.1, -0.05) is 13.8 Å². The monoisotopic (exact) mass is 367 g/mol. The van der Waals surface area contributed by atoms with E-state index in [4.69, 9.17) is 18.9 Å². The predicted octanol–water partition coefficient (Wildman–Crippen LogP) is 1.79. The van der Waals surface area contributed by atoms with E-state index < -0.39 is 24.5 Å². The lowest BCUT2D eigenvalue weighted by Gasteiger charge is -2.27. The lowest BCUT2D eigenvalue weighted by atomic mass is 9.94. The molecule has 1 N–H and O–H groups in total. The first-order valence-corrected chi connectivity index (χ1v) is 8.30. The largest absolute Gasteiger partial charge is 0.496 e. The quantitative estimate of drug-likeness (QED) is 0.785. The maximum absolute atomic E-state index is 13.1. The molecule has 0 aromatic heterocycles.